The Morgan fingerprint density at radius 1 is 1.00 bits per heavy atom. The molecule has 0 saturated carbocycles. The summed E-state index contributed by atoms with van der Waals surface area (Å²) < 4.78 is 0. The van der Waals surface area contributed by atoms with E-state index >= 15 is 0 Å². The highest BCUT2D eigenvalue weighted by molar-refractivity contribution is 5.76. The molecule has 0 radical (unpaired) electrons. The maximum absolute atomic E-state index is 11.2. The molecule has 1 amide bonds. The summed E-state index contributed by atoms with van der Waals surface area (Å²) in [6.45, 7) is 2.40. The van der Waals surface area contributed by atoms with Crippen LogP contribution in [0.15, 0.2) is 60.7 Å². The maximum atomic E-state index is 11.2. The molecule has 1 unspecified atom stereocenters. The Labute approximate surface area is 119 Å². The van der Waals surface area contributed by atoms with E-state index in [0.717, 1.165) is 0 Å². The molecule has 1 atom stereocenters. The van der Waals surface area contributed by atoms with Gasteiger partial charge < -0.3 is 11.1 Å². The van der Waals surface area contributed by atoms with Gasteiger partial charge >= 0.3 is 0 Å². The molecule has 3 N–H and O–H groups in total. The van der Waals surface area contributed by atoms with Gasteiger partial charge in [-0.05, 0) is 11.1 Å². The molecule has 0 aromatic heterocycles. The zero-order chi connectivity index (χ0) is 14.4. The number of hydrogen-bond acceptors (Lipinski definition) is 2. The van der Waals surface area contributed by atoms with Crippen LogP contribution in [-0.4, -0.2) is 12.5 Å². The zero-order valence-corrected chi connectivity index (χ0v) is 11.6. The fourth-order valence-corrected chi connectivity index (χ4v) is 2.11. The van der Waals surface area contributed by atoms with Gasteiger partial charge in [-0.15, -0.1) is 0 Å². The van der Waals surface area contributed by atoms with Gasteiger partial charge in [0.1, 0.15) is 0 Å². The van der Waals surface area contributed by atoms with E-state index in [1.165, 1.54) is 11.1 Å². The number of nitrogens with one attached hydrogen (secondary N) is 1. The highest BCUT2D eigenvalue weighted by Gasteiger charge is 2.16. The van der Waals surface area contributed by atoms with Crippen LogP contribution in [0.3, 0.4) is 0 Å². The average Bonchev–Trinajstić information content (AvgIpc) is 2.49. The third-order valence-electron chi connectivity index (χ3n) is 3.38. The number of hydrogen-bond donors (Lipinski definition) is 2. The second-order valence-electron chi connectivity index (χ2n) is 4.97. The molecule has 0 aliphatic rings. The van der Waals surface area contributed by atoms with Crippen molar-refractivity contribution in [2.75, 3.05) is 6.54 Å². The summed E-state index contributed by atoms with van der Waals surface area (Å²) in [7, 11) is 0. The van der Waals surface area contributed by atoms with Crippen LogP contribution in [0, 0.1) is 5.92 Å². The second kappa shape index (κ2) is 6.87. The normalized spacial score (nSPS) is 12.3. The lowest BCUT2D eigenvalue weighted by Gasteiger charge is -2.21. The molecular formula is C17H20N2O. The average molecular weight is 268 g/mol. The van der Waals surface area contributed by atoms with Gasteiger partial charge in [-0.1, -0.05) is 67.6 Å². The Morgan fingerprint density at radius 3 is 1.85 bits per heavy atom. The van der Waals surface area contributed by atoms with Crippen molar-refractivity contribution in [3.8, 4) is 0 Å². The van der Waals surface area contributed by atoms with Crippen molar-refractivity contribution in [2.24, 2.45) is 11.7 Å². The van der Waals surface area contributed by atoms with E-state index in [2.05, 4.69) is 29.6 Å². The molecular weight excluding hydrogens is 248 g/mol. The van der Waals surface area contributed by atoms with Gasteiger partial charge in [0.15, 0.2) is 0 Å². The number of rotatable bonds is 6. The minimum absolute atomic E-state index is 0.0687. The minimum Gasteiger partial charge on any atom is -0.369 e. The van der Waals surface area contributed by atoms with Gasteiger partial charge in [0.05, 0.1) is 6.04 Å². The fourth-order valence-electron chi connectivity index (χ4n) is 2.11. The Morgan fingerprint density at radius 2 is 1.45 bits per heavy atom. The van der Waals surface area contributed by atoms with E-state index in [0.29, 0.717) is 6.54 Å². The van der Waals surface area contributed by atoms with Crippen molar-refractivity contribution in [3.05, 3.63) is 71.8 Å². The van der Waals surface area contributed by atoms with E-state index in [9.17, 15) is 4.79 Å². The van der Waals surface area contributed by atoms with Crippen LogP contribution in [-0.2, 0) is 4.79 Å². The first-order valence-electron chi connectivity index (χ1n) is 6.81. The third kappa shape index (κ3) is 3.68. The van der Waals surface area contributed by atoms with E-state index < -0.39 is 0 Å². The maximum Gasteiger partial charge on any atom is 0.221 e. The van der Waals surface area contributed by atoms with Crippen molar-refractivity contribution in [3.63, 3.8) is 0 Å². The molecule has 0 aliphatic carbocycles. The summed E-state index contributed by atoms with van der Waals surface area (Å²) in [6, 6.07) is 20.5. The molecule has 0 bridgehead atoms. The molecule has 0 aliphatic heterocycles. The molecule has 0 spiro atoms. The Balaban J connectivity index is 2.19. The molecule has 3 heteroatoms. The topological polar surface area (TPSA) is 55.1 Å². The smallest absolute Gasteiger partial charge is 0.221 e. The summed E-state index contributed by atoms with van der Waals surface area (Å²) in [4.78, 5) is 11.2. The van der Waals surface area contributed by atoms with Gasteiger partial charge in [0.25, 0.3) is 0 Å². The molecule has 0 saturated heterocycles. The number of benzene rings is 2. The lowest BCUT2D eigenvalue weighted by molar-refractivity contribution is -0.121. The van der Waals surface area contributed by atoms with Crippen molar-refractivity contribution < 1.29 is 4.79 Å². The summed E-state index contributed by atoms with van der Waals surface area (Å²) in [5.41, 5.74) is 7.67. The SMILES string of the molecule is CC(CNC(c1ccccc1)c1ccccc1)C(N)=O. The molecule has 2 aromatic carbocycles. The molecule has 20 heavy (non-hydrogen) atoms. The summed E-state index contributed by atoms with van der Waals surface area (Å²) in [6.07, 6.45) is 0. The predicted octanol–water partition coefficient (Wildman–Crippen LogP) is 2.49. The summed E-state index contributed by atoms with van der Waals surface area (Å²) in [5.74, 6) is -0.470. The molecule has 2 rings (SSSR count). The Hall–Kier alpha value is -2.13. The number of carbonyl (C=O) groups is 1. The highest BCUT2D eigenvalue weighted by atomic mass is 16.1. The van der Waals surface area contributed by atoms with Crippen LogP contribution in [0.1, 0.15) is 24.1 Å². The van der Waals surface area contributed by atoms with Crippen LogP contribution < -0.4 is 11.1 Å². The van der Waals surface area contributed by atoms with E-state index in [4.69, 9.17) is 5.73 Å². The molecule has 104 valence electrons. The molecule has 0 fully saturated rings. The first kappa shape index (κ1) is 14.3. The van der Waals surface area contributed by atoms with Gasteiger partial charge in [-0.2, -0.15) is 0 Å². The zero-order valence-electron chi connectivity index (χ0n) is 11.6. The Kier molecular flexibility index (Phi) is 4.91. The monoisotopic (exact) mass is 268 g/mol. The minimum atomic E-state index is -0.280. The Bertz CT molecular complexity index is 500. The summed E-state index contributed by atoms with van der Waals surface area (Å²) >= 11 is 0. The van der Waals surface area contributed by atoms with Crippen molar-refractivity contribution in [1.29, 1.82) is 0 Å². The standard InChI is InChI=1S/C17H20N2O/c1-13(17(18)20)12-19-16(14-8-4-2-5-9-14)15-10-6-3-7-11-15/h2-11,13,16,19H,12H2,1H3,(H2,18,20). The van der Waals surface area contributed by atoms with Crippen LogP contribution in [0.5, 0.6) is 0 Å². The van der Waals surface area contributed by atoms with E-state index in [1.807, 2.05) is 43.3 Å². The number of nitrogens with two attached hydrogens (primary N) is 1. The van der Waals surface area contributed by atoms with Crippen LogP contribution in [0.2, 0.25) is 0 Å². The number of carbonyl (C=O) groups excluding carboxylic acids is 1. The largest absolute Gasteiger partial charge is 0.369 e. The number of amides is 1. The van der Waals surface area contributed by atoms with Crippen molar-refractivity contribution >= 4 is 5.91 Å². The second-order valence-corrected chi connectivity index (χ2v) is 4.97. The van der Waals surface area contributed by atoms with Crippen molar-refractivity contribution in [2.45, 2.75) is 13.0 Å². The van der Waals surface area contributed by atoms with Crippen molar-refractivity contribution in [1.82, 2.24) is 5.32 Å². The van der Waals surface area contributed by atoms with E-state index in [1.54, 1.807) is 0 Å². The lowest BCUT2D eigenvalue weighted by atomic mass is 9.98. The summed E-state index contributed by atoms with van der Waals surface area (Å²) in [5, 5.41) is 3.43. The lowest BCUT2D eigenvalue weighted by Crippen LogP contribution is -2.33. The van der Waals surface area contributed by atoms with Crippen LogP contribution in [0.4, 0.5) is 0 Å². The highest BCUT2D eigenvalue weighted by Crippen LogP contribution is 2.21. The molecule has 3 nitrogen and oxygen atoms in total. The number of primary amides is 1. The fraction of sp³-hybridized carbons (Fsp3) is 0.235. The van der Waals surface area contributed by atoms with Gasteiger partial charge in [-0.25, -0.2) is 0 Å². The quantitative estimate of drug-likeness (QED) is 0.845. The molecule has 0 heterocycles. The molecule has 2 aromatic rings. The first-order chi connectivity index (χ1) is 9.68. The third-order valence-corrected chi connectivity index (χ3v) is 3.38. The van der Waals surface area contributed by atoms with Crippen LogP contribution in [0.25, 0.3) is 0 Å². The van der Waals surface area contributed by atoms with Gasteiger partial charge in [0, 0.05) is 12.5 Å². The first-order valence-corrected chi connectivity index (χ1v) is 6.81. The van der Waals surface area contributed by atoms with Crippen LogP contribution >= 0.6 is 0 Å². The van der Waals surface area contributed by atoms with Gasteiger partial charge in [0.2, 0.25) is 5.91 Å². The van der Waals surface area contributed by atoms with Gasteiger partial charge in [-0.3, -0.25) is 4.79 Å². The van der Waals surface area contributed by atoms with E-state index in [-0.39, 0.29) is 17.9 Å². The predicted molar refractivity (Wildman–Crippen MR) is 81.1 cm³/mol.